The second-order valence-electron chi connectivity index (χ2n) is 1.40. The second kappa shape index (κ2) is 4.43. The van der Waals surface area contributed by atoms with Crippen molar-refractivity contribution in [1.29, 1.82) is 0 Å². The summed E-state index contributed by atoms with van der Waals surface area (Å²) in [4.78, 5) is 0. The molecule has 0 amide bonds. The van der Waals surface area contributed by atoms with E-state index in [-0.39, 0.29) is 6.10 Å². The van der Waals surface area contributed by atoms with Gasteiger partial charge in [-0.25, -0.2) is 0 Å². The van der Waals surface area contributed by atoms with Crippen LogP contribution in [0.3, 0.4) is 0 Å². The third-order valence-electron chi connectivity index (χ3n) is 0.523. The van der Waals surface area contributed by atoms with Gasteiger partial charge in [-0.1, -0.05) is 11.9 Å². The average Bonchev–Trinajstić information content (AvgIpc) is 1.61. The largest absolute Gasteiger partial charge is 0.392 e. The molecule has 0 heterocycles. The Kier molecular flexibility index (Phi) is 4.60. The van der Waals surface area contributed by atoms with E-state index in [0.717, 1.165) is 0 Å². The molecular formula is C4H11NOS. The van der Waals surface area contributed by atoms with Gasteiger partial charge in [-0.3, -0.25) is 4.72 Å². The van der Waals surface area contributed by atoms with E-state index in [2.05, 4.69) is 4.72 Å². The van der Waals surface area contributed by atoms with Crippen molar-refractivity contribution in [2.45, 2.75) is 13.0 Å². The van der Waals surface area contributed by atoms with Crippen molar-refractivity contribution in [3.05, 3.63) is 0 Å². The van der Waals surface area contributed by atoms with Gasteiger partial charge in [0.2, 0.25) is 0 Å². The normalized spacial score (nSPS) is 14.1. The van der Waals surface area contributed by atoms with Gasteiger partial charge in [0.15, 0.2) is 0 Å². The molecule has 0 aromatic rings. The first-order valence-electron chi connectivity index (χ1n) is 2.21. The molecule has 1 atom stereocenters. The molecule has 0 saturated heterocycles. The number of aliphatic hydroxyl groups excluding tert-OH is 1. The molecule has 0 spiro atoms. The first-order chi connectivity index (χ1) is 3.27. The summed E-state index contributed by atoms with van der Waals surface area (Å²) in [6, 6.07) is 0. The lowest BCUT2D eigenvalue weighted by Gasteiger charge is -2.00. The Bertz CT molecular complexity index is 40.7. The molecule has 1 unspecified atom stereocenters. The summed E-state index contributed by atoms with van der Waals surface area (Å²) in [6.07, 6.45) is 1.70. The first-order valence-corrected chi connectivity index (χ1v) is 3.43. The fraction of sp³-hybridized carbons (Fsp3) is 1.00. The molecule has 0 aliphatic rings. The molecule has 0 bridgehead atoms. The van der Waals surface area contributed by atoms with E-state index in [9.17, 15) is 0 Å². The molecule has 7 heavy (non-hydrogen) atoms. The van der Waals surface area contributed by atoms with Gasteiger partial charge in [0, 0.05) is 6.54 Å². The van der Waals surface area contributed by atoms with Crippen LogP contribution in [-0.2, 0) is 0 Å². The lowest BCUT2D eigenvalue weighted by molar-refractivity contribution is 0.200. The molecule has 2 N–H and O–H groups in total. The summed E-state index contributed by atoms with van der Waals surface area (Å²) in [5.41, 5.74) is 0. The molecule has 0 aromatic carbocycles. The van der Waals surface area contributed by atoms with Gasteiger partial charge in [-0.2, -0.15) is 0 Å². The van der Waals surface area contributed by atoms with Crippen LogP contribution in [0.5, 0.6) is 0 Å². The SMILES string of the molecule is CSNCC(C)O. The highest BCUT2D eigenvalue weighted by Crippen LogP contribution is 1.82. The first kappa shape index (κ1) is 7.27. The van der Waals surface area contributed by atoms with Crippen molar-refractivity contribution in [2.75, 3.05) is 12.8 Å². The van der Waals surface area contributed by atoms with Gasteiger partial charge in [0.1, 0.15) is 0 Å². The Balaban J connectivity index is 2.68. The smallest absolute Gasteiger partial charge is 0.0645 e. The molecule has 3 heteroatoms. The lowest BCUT2D eigenvalue weighted by atomic mass is 10.4. The molecule has 0 rings (SSSR count). The van der Waals surface area contributed by atoms with E-state index in [1.165, 1.54) is 11.9 Å². The van der Waals surface area contributed by atoms with Gasteiger partial charge in [-0.05, 0) is 13.2 Å². The Morgan fingerprint density at radius 3 is 2.57 bits per heavy atom. The minimum Gasteiger partial charge on any atom is -0.392 e. The monoisotopic (exact) mass is 121 g/mol. The highest BCUT2D eigenvalue weighted by molar-refractivity contribution is 7.96. The van der Waals surface area contributed by atoms with Crippen LogP contribution >= 0.6 is 11.9 Å². The minimum absolute atomic E-state index is 0.229. The van der Waals surface area contributed by atoms with Crippen LogP contribution in [0.2, 0.25) is 0 Å². The molecule has 2 nitrogen and oxygen atoms in total. The van der Waals surface area contributed by atoms with E-state index in [4.69, 9.17) is 5.11 Å². The molecule has 0 aromatic heterocycles. The van der Waals surface area contributed by atoms with Crippen LogP contribution in [-0.4, -0.2) is 24.0 Å². The summed E-state index contributed by atoms with van der Waals surface area (Å²) in [5, 5.41) is 8.61. The van der Waals surface area contributed by atoms with Crippen molar-refractivity contribution in [1.82, 2.24) is 4.72 Å². The Labute approximate surface area is 48.4 Å². The van der Waals surface area contributed by atoms with Gasteiger partial charge >= 0.3 is 0 Å². The molecule has 0 radical (unpaired) electrons. The van der Waals surface area contributed by atoms with Crippen LogP contribution < -0.4 is 4.72 Å². The third kappa shape index (κ3) is 6.27. The van der Waals surface area contributed by atoms with E-state index >= 15 is 0 Å². The number of hydrogen-bond donors (Lipinski definition) is 2. The summed E-state index contributed by atoms with van der Waals surface area (Å²) in [5.74, 6) is 0. The Morgan fingerprint density at radius 2 is 2.43 bits per heavy atom. The number of hydrogen-bond acceptors (Lipinski definition) is 3. The topological polar surface area (TPSA) is 32.3 Å². The summed E-state index contributed by atoms with van der Waals surface area (Å²) in [6.45, 7) is 2.42. The predicted octanol–water partition coefficient (Wildman–Crippen LogP) is 0.235. The van der Waals surface area contributed by atoms with E-state index in [0.29, 0.717) is 6.54 Å². The maximum absolute atomic E-state index is 8.61. The zero-order chi connectivity index (χ0) is 5.70. The summed E-state index contributed by atoms with van der Waals surface area (Å²) in [7, 11) is 0. The Morgan fingerprint density at radius 1 is 1.86 bits per heavy atom. The van der Waals surface area contributed by atoms with Crippen LogP contribution in [0.15, 0.2) is 0 Å². The average molecular weight is 121 g/mol. The molecule has 0 fully saturated rings. The van der Waals surface area contributed by atoms with Crippen molar-refractivity contribution < 1.29 is 5.11 Å². The second-order valence-corrected chi connectivity index (χ2v) is 2.10. The predicted molar refractivity (Wildman–Crippen MR) is 33.2 cm³/mol. The highest BCUT2D eigenvalue weighted by Gasteiger charge is 1.89. The van der Waals surface area contributed by atoms with Crippen LogP contribution in [0, 0.1) is 0 Å². The third-order valence-corrected chi connectivity index (χ3v) is 0.978. The highest BCUT2D eigenvalue weighted by atomic mass is 32.2. The zero-order valence-corrected chi connectivity index (χ0v) is 5.46. The van der Waals surface area contributed by atoms with Crippen LogP contribution in [0.4, 0.5) is 0 Å². The van der Waals surface area contributed by atoms with Crippen molar-refractivity contribution in [2.24, 2.45) is 0 Å². The molecule has 0 aliphatic carbocycles. The summed E-state index contributed by atoms with van der Waals surface area (Å²) < 4.78 is 2.91. The van der Waals surface area contributed by atoms with Crippen LogP contribution in [0.1, 0.15) is 6.92 Å². The van der Waals surface area contributed by atoms with Gasteiger partial charge in [0.05, 0.1) is 6.10 Å². The Hall–Kier alpha value is 0.270. The van der Waals surface area contributed by atoms with Crippen molar-refractivity contribution in [3.8, 4) is 0 Å². The van der Waals surface area contributed by atoms with Gasteiger partial charge in [0.25, 0.3) is 0 Å². The maximum atomic E-state index is 8.61. The lowest BCUT2D eigenvalue weighted by Crippen LogP contribution is -2.17. The quantitative estimate of drug-likeness (QED) is 0.524. The fourth-order valence-electron chi connectivity index (χ4n) is 0.204. The number of nitrogens with one attached hydrogen (secondary N) is 1. The molecule has 0 saturated carbocycles. The molecule has 44 valence electrons. The van der Waals surface area contributed by atoms with Crippen LogP contribution in [0.25, 0.3) is 0 Å². The number of aliphatic hydroxyl groups is 1. The fourth-order valence-corrected chi connectivity index (χ4v) is 0.612. The maximum Gasteiger partial charge on any atom is 0.0645 e. The summed E-state index contributed by atoms with van der Waals surface area (Å²) >= 11 is 1.52. The van der Waals surface area contributed by atoms with Gasteiger partial charge < -0.3 is 5.11 Å². The zero-order valence-electron chi connectivity index (χ0n) is 4.64. The van der Waals surface area contributed by atoms with E-state index < -0.39 is 0 Å². The minimum atomic E-state index is -0.229. The molecule has 0 aliphatic heterocycles. The van der Waals surface area contributed by atoms with Crippen molar-refractivity contribution in [3.63, 3.8) is 0 Å². The molecular weight excluding hydrogens is 110 g/mol. The van der Waals surface area contributed by atoms with E-state index in [1.54, 1.807) is 6.92 Å². The van der Waals surface area contributed by atoms with Crippen molar-refractivity contribution >= 4 is 11.9 Å². The van der Waals surface area contributed by atoms with E-state index in [1.807, 2.05) is 6.26 Å². The number of rotatable bonds is 3. The van der Waals surface area contributed by atoms with Gasteiger partial charge in [-0.15, -0.1) is 0 Å². The standard InChI is InChI=1S/C4H11NOS/c1-4(6)3-5-7-2/h4-6H,3H2,1-2H3.